The molecule has 2 aromatic carbocycles. The summed E-state index contributed by atoms with van der Waals surface area (Å²) in [5.74, 6) is 0.234. The summed E-state index contributed by atoms with van der Waals surface area (Å²) in [5.41, 5.74) is 9.89. The molecule has 0 unspecified atom stereocenters. The monoisotopic (exact) mass is 392 g/mol. The summed E-state index contributed by atoms with van der Waals surface area (Å²) in [7, 11) is 2.15. The molecule has 0 aliphatic carbocycles. The van der Waals surface area contributed by atoms with Crippen LogP contribution in [0.25, 0.3) is 6.08 Å². The van der Waals surface area contributed by atoms with E-state index in [-0.39, 0.29) is 5.75 Å². The number of allylic oxidation sites excluding steroid dienone is 2. The second-order valence-electron chi connectivity index (χ2n) is 6.82. The zero-order valence-electron chi connectivity index (χ0n) is 17.6. The lowest BCUT2D eigenvalue weighted by molar-refractivity contribution is 0.313. The number of nitrogens with two attached hydrogens (primary N) is 1. The number of aromatic hydroxyl groups is 1. The topological polar surface area (TPSA) is 76.6 Å². The van der Waals surface area contributed by atoms with Gasteiger partial charge in [-0.25, -0.2) is 0 Å². The van der Waals surface area contributed by atoms with Crippen LogP contribution in [0.1, 0.15) is 25.0 Å². The van der Waals surface area contributed by atoms with Gasteiger partial charge in [-0.3, -0.25) is 0 Å². The van der Waals surface area contributed by atoms with Gasteiger partial charge in [-0.05, 0) is 54.6 Å². The molecule has 1 aliphatic rings. The van der Waals surface area contributed by atoms with Crippen molar-refractivity contribution >= 4 is 17.5 Å². The van der Waals surface area contributed by atoms with Gasteiger partial charge in [0.25, 0.3) is 0 Å². The third kappa shape index (κ3) is 6.80. The van der Waals surface area contributed by atoms with E-state index in [2.05, 4.69) is 29.0 Å². The van der Waals surface area contributed by atoms with Gasteiger partial charge >= 0.3 is 0 Å². The summed E-state index contributed by atoms with van der Waals surface area (Å²) in [5, 5.41) is 17.6. The fourth-order valence-electron chi connectivity index (χ4n) is 2.99. The number of phenols is 1. The number of hydrogen-bond donors (Lipinski definition) is 3. The van der Waals surface area contributed by atoms with Gasteiger partial charge < -0.3 is 26.0 Å². The van der Waals surface area contributed by atoms with E-state index in [4.69, 9.17) is 11.1 Å². The predicted octanol–water partition coefficient (Wildman–Crippen LogP) is 4.09. The van der Waals surface area contributed by atoms with Crippen LogP contribution >= 0.6 is 0 Å². The number of nitrogens with one attached hydrogen (secondary N) is 1. The molecule has 0 saturated carbocycles. The molecule has 2 aromatic rings. The first-order valence-corrected chi connectivity index (χ1v) is 10.1. The number of hydrogen-bond acceptors (Lipinski definition) is 5. The van der Waals surface area contributed by atoms with Gasteiger partial charge in [0.1, 0.15) is 5.75 Å². The Morgan fingerprint density at radius 1 is 0.966 bits per heavy atom. The van der Waals surface area contributed by atoms with E-state index in [1.54, 1.807) is 24.3 Å². The Balaban J connectivity index is 0.00000145. The van der Waals surface area contributed by atoms with E-state index in [0.717, 1.165) is 37.3 Å². The van der Waals surface area contributed by atoms with Crippen LogP contribution in [0.15, 0.2) is 66.4 Å². The highest BCUT2D eigenvalue weighted by atomic mass is 16.3. The summed E-state index contributed by atoms with van der Waals surface area (Å²) >= 11 is 0. The molecule has 5 heteroatoms. The molecular weight excluding hydrogens is 360 g/mol. The van der Waals surface area contributed by atoms with Gasteiger partial charge in [0.05, 0.1) is 5.71 Å². The van der Waals surface area contributed by atoms with Crippen LogP contribution in [-0.4, -0.2) is 48.9 Å². The van der Waals surface area contributed by atoms with Gasteiger partial charge in [-0.15, -0.1) is 0 Å². The van der Waals surface area contributed by atoms with Crippen molar-refractivity contribution in [3.8, 4) is 5.75 Å². The number of anilines is 1. The fourth-order valence-corrected chi connectivity index (χ4v) is 2.99. The normalized spacial score (nSPS) is 15.1. The highest BCUT2D eigenvalue weighted by Gasteiger charge is 2.14. The Morgan fingerprint density at radius 2 is 1.55 bits per heavy atom. The Morgan fingerprint density at radius 3 is 2.14 bits per heavy atom. The number of likely N-dealkylation sites (N-methyl/N-ethyl adjacent to an activating group) is 1. The first kappa shape index (κ1) is 22.2. The number of rotatable bonds is 5. The molecule has 0 bridgehead atoms. The predicted molar refractivity (Wildman–Crippen MR) is 124 cm³/mol. The van der Waals surface area contributed by atoms with E-state index in [1.165, 1.54) is 5.69 Å². The van der Waals surface area contributed by atoms with Crippen LogP contribution in [0, 0.1) is 5.41 Å². The van der Waals surface area contributed by atoms with Crippen LogP contribution in [0.4, 0.5) is 5.69 Å². The molecule has 1 aliphatic heterocycles. The van der Waals surface area contributed by atoms with Gasteiger partial charge in [-0.2, -0.15) is 0 Å². The standard InChI is InChI=1S/C22H26N4O.C2H6/c1-25-12-14-26(15-13-25)20-8-5-18(6-9-20)22(24)16-19(23)7-2-17-3-10-21(27)11-4-17;1-2/h2-11,16,24,27H,12-15,23H2,1H3;1-2H3/b7-2+,19-16-,24-22?;. The fraction of sp³-hybridized carbons (Fsp3) is 0.292. The summed E-state index contributed by atoms with van der Waals surface area (Å²) in [6.07, 6.45) is 5.27. The minimum atomic E-state index is 0.234. The second kappa shape index (κ2) is 11.1. The molecule has 5 nitrogen and oxygen atoms in total. The van der Waals surface area contributed by atoms with Crippen molar-refractivity contribution in [1.82, 2.24) is 4.90 Å². The van der Waals surface area contributed by atoms with E-state index >= 15 is 0 Å². The average molecular weight is 393 g/mol. The second-order valence-corrected chi connectivity index (χ2v) is 6.82. The first-order valence-electron chi connectivity index (χ1n) is 10.1. The minimum absolute atomic E-state index is 0.234. The summed E-state index contributed by atoms with van der Waals surface area (Å²) in [6, 6.07) is 15.0. The van der Waals surface area contributed by atoms with Gasteiger partial charge in [-0.1, -0.05) is 44.2 Å². The third-order valence-corrected chi connectivity index (χ3v) is 4.72. The highest BCUT2D eigenvalue weighted by molar-refractivity contribution is 6.07. The summed E-state index contributed by atoms with van der Waals surface area (Å²) in [4.78, 5) is 4.71. The Bertz CT molecular complexity index is 830. The average Bonchev–Trinajstić information content (AvgIpc) is 2.75. The smallest absolute Gasteiger partial charge is 0.115 e. The molecule has 1 fully saturated rings. The van der Waals surface area contributed by atoms with Crippen molar-refractivity contribution in [2.45, 2.75) is 13.8 Å². The van der Waals surface area contributed by atoms with Crippen molar-refractivity contribution in [2.75, 3.05) is 38.1 Å². The summed E-state index contributed by atoms with van der Waals surface area (Å²) in [6.45, 7) is 8.21. The Hall–Kier alpha value is -3.05. The van der Waals surface area contributed by atoms with Gasteiger partial charge in [0, 0.05) is 37.6 Å². The lowest BCUT2D eigenvalue weighted by Crippen LogP contribution is -2.44. The SMILES string of the molecule is CC.CN1CCN(c2ccc(C(=N)/C=C(N)/C=C/c3ccc(O)cc3)cc2)CC1. The Kier molecular flexibility index (Phi) is 8.49. The van der Waals surface area contributed by atoms with Crippen molar-refractivity contribution < 1.29 is 5.11 Å². The molecule has 0 aromatic heterocycles. The zero-order chi connectivity index (χ0) is 21.2. The van der Waals surface area contributed by atoms with E-state index in [1.807, 2.05) is 44.2 Å². The molecule has 4 N–H and O–H groups in total. The quantitative estimate of drug-likeness (QED) is 0.529. The van der Waals surface area contributed by atoms with E-state index in [9.17, 15) is 5.11 Å². The maximum atomic E-state index is 9.30. The molecule has 0 atom stereocenters. The maximum Gasteiger partial charge on any atom is 0.115 e. The number of piperazine rings is 1. The van der Waals surface area contributed by atoms with Crippen LogP contribution in [0.3, 0.4) is 0 Å². The van der Waals surface area contributed by atoms with Crippen molar-refractivity contribution in [3.63, 3.8) is 0 Å². The molecule has 1 heterocycles. The maximum absolute atomic E-state index is 9.30. The molecule has 29 heavy (non-hydrogen) atoms. The van der Waals surface area contributed by atoms with Crippen LogP contribution in [0.5, 0.6) is 5.75 Å². The minimum Gasteiger partial charge on any atom is -0.508 e. The molecule has 154 valence electrons. The first-order chi connectivity index (χ1) is 14.0. The zero-order valence-corrected chi connectivity index (χ0v) is 17.6. The number of phenolic OH excluding ortho intramolecular Hbond substituents is 1. The molecule has 0 spiro atoms. The largest absolute Gasteiger partial charge is 0.508 e. The molecule has 3 rings (SSSR count). The van der Waals surface area contributed by atoms with Gasteiger partial charge in [0.15, 0.2) is 0 Å². The lowest BCUT2D eigenvalue weighted by Gasteiger charge is -2.34. The van der Waals surface area contributed by atoms with E-state index < -0.39 is 0 Å². The number of benzene rings is 2. The van der Waals surface area contributed by atoms with Crippen molar-refractivity contribution in [2.24, 2.45) is 5.73 Å². The Labute approximate surface area is 174 Å². The molecule has 0 amide bonds. The van der Waals surface area contributed by atoms with Crippen LogP contribution in [0.2, 0.25) is 0 Å². The van der Waals surface area contributed by atoms with Crippen LogP contribution in [-0.2, 0) is 0 Å². The van der Waals surface area contributed by atoms with Crippen LogP contribution < -0.4 is 10.6 Å². The highest BCUT2D eigenvalue weighted by Crippen LogP contribution is 2.18. The lowest BCUT2D eigenvalue weighted by atomic mass is 10.1. The molecule has 1 saturated heterocycles. The van der Waals surface area contributed by atoms with E-state index in [0.29, 0.717) is 11.4 Å². The molecule has 0 radical (unpaired) electrons. The third-order valence-electron chi connectivity index (χ3n) is 4.72. The van der Waals surface area contributed by atoms with Crippen molar-refractivity contribution in [1.29, 1.82) is 5.41 Å². The van der Waals surface area contributed by atoms with Crippen molar-refractivity contribution in [3.05, 3.63) is 77.5 Å². The summed E-state index contributed by atoms with van der Waals surface area (Å²) < 4.78 is 0. The van der Waals surface area contributed by atoms with Gasteiger partial charge in [0.2, 0.25) is 0 Å². The molecular formula is C24H32N4O. The number of nitrogens with zero attached hydrogens (tertiary/aromatic N) is 2.